The first-order valence-electron chi connectivity index (χ1n) is 7.26. The van der Waals surface area contributed by atoms with Gasteiger partial charge < -0.3 is 14.0 Å². The van der Waals surface area contributed by atoms with Crippen LogP contribution in [0.15, 0.2) is 23.4 Å². The Balaban J connectivity index is 1.90. The van der Waals surface area contributed by atoms with Crippen molar-refractivity contribution in [3.63, 3.8) is 0 Å². The number of hydrogen-bond donors (Lipinski definition) is 0. The molecule has 0 atom stereocenters. The molecule has 0 aliphatic heterocycles. The molecule has 23 heavy (non-hydrogen) atoms. The summed E-state index contributed by atoms with van der Waals surface area (Å²) in [6, 6.07) is 5.22. The number of rotatable bonds is 8. The molecule has 7 heteroatoms. The monoisotopic (exact) mass is 374 g/mol. The van der Waals surface area contributed by atoms with Gasteiger partial charge in [0, 0.05) is 30.1 Å². The Morgan fingerprint density at radius 1 is 1.22 bits per heavy atom. The molecule has 2 rings (SSSR count). The highest BCUT2D eigenvalue weighted by molar-refractivity contribution is 7.99. The molecule has 0 N–H and O–H groups in total. The van der Waals surface area contributed by atoms with E-state index in [0.29, 0.717) is 29.0 Å². The Kier molecular flexibility index (Phi) is 7.09. The lowest BCUT2D eigenvalue weighted by molar-refractivity contribution is 0.184. The molecule has 0 radical (unpaired) electrons. The van der Waals surface area contributed by atoms with E-state index in [2.05, 4.69) is 16.5 Å². The van der Waals surface area contributed by atoms with E-state index in [9.17, 15) is 0 Å². The zero-order valence-corrected chi connectivity index (χ0v) is 15.8. The zero-order valence-electron chi connectivity index (χ0n) is 13.4. The van der Waals surface area contributed by atoms with Gasteiger partial charge in [-0.1, -0.05) is 35.0 Å². The van der Waals surface area contributed by atoms with Gasteiger partial charge in [0.05, 0.1) is 23.9 Å². The van der Waals surface area contributed by atoms with Crippen LogP contribution in [-0.2, 0) is 11.3 Å². The number of hydrogen-bond acceptors (Lipinski definition) is 4. The molecule has 0 fully saturated rings. The van der Waals surface area contributed by atoms with Crippen LogP contribution in [0.25, 0.3) is 0 Å². The minimum atomic E-state index is 0.524. The Hall–Kier alpha value is -0.880. The number of imidazole rings is 1. The standard InChI is InChI=1S/C16H20Cl2N2O2S/c1-11-12(2)20(6-7-21-3)16(19-11)23-9-8-22-15-5-4-13(17)10-14(15)18/h4-5,10H,6-9H2,1-3H3. The van der Waals surface area contributed by atoms with E-state index in [1.165, 1.54) is 5.69 Å². The van der Waals surface area contributed by atoms with Crippen molar-refractivity contribution in [2.45, 2.75) is 25.5 Å². The summed E-state index contributed by atoms with van der Waals surface area (Å²) < 4.78 is 13.0. The van der Waals surface area contributed by atoms with E-state index in [4.69, 9.17) is 32.7 Å². The van der Waals surface area contributed by atoms with E-state index in [0.717, 1.165) is 23.1 Å². The van der Waals surface area contributed by atoms with Crippen molar-refractivity contribution in [3.8, 4) is 5.75 Å². The molecule has 0 aliphatic carbocycles. The average molecular weight is 375 g/mol. The second-order valence-corrected chi connectivity index (χ2v) is 6.89. The third-order valence-electron chi connectivity index (χ3n) is 3.41. The summed E-state index contributed by atoms with van der Waals surface area (Å²) in [6.45, 7) is 6.11. The smallest absolute Gasteiger partial charge is 0.168 e. The molecule has 0 saturated heterocycles. The molecule has 2 aromatic rings. The first-order valence-corrected chi connectivity index (χ1v) is 9.00. The van der Waals surface area contributed by atoms with Gasteiger partial charge in [0.15, 0.2) is 5.16 Å². The van der Waals surface area contributed by atoms with Crippen LogP contribution in [0, 0.1) is 13.8 Å². The second kappa shape index (κ2) is 8.83. The lowest BCUT2D eigenvalue weighted by atomic mass is 10.3. The van der Waals surface area contributed by atoms with E-state index in [-0.39, 0.29) is 0 Å². The summed E-state index contributed by atoms with van der Waals surface area (Å²) in [6.07, 6.45) is 0. The summed E-state index contributed by atoms with van der Waals surface area (Å²) >= 11 is 13.6. The van der Waals surface area contributed by atoms with Crippen molar-refractivity contribution in [3.05, 3.63) is 39.6 Å². The van der Waals surface area contributed by atoms with Gasteiger partial charge in [-0.25, -0.2) is 4.98 Å². The summed E-state index contributed by atoms with van der Waals surface area (Å²) in [5, 5.41) is 2.11. The Morgan fingerprint density at radius 2 is 2.00 bits per heavy atom. The molecule has 1 heterocycles. The van der Waals surface area contributed by atoms with Crippen LogP contribution in [0.2, 0.25) is 10.0 Å². The highest BCUT2D eigenvalue weighted by Gasteiger charge is 2.11. The highest BCUT2D eigenvalue weighted by atomic mass is 35.5. The molecule has 1 aromatic carbocycles. The van der Waals surface area contributed by atoms with Crippen LogP contribution in [0.3, 0.4) is 0 Å². The van der Waals surface area contributed by atoms with Gasteiger partial charge in [0.2, 0.25) is 0 Å². The fourth-order valence-electron chi connectivity index (χ4n) is 2.06. The Morgan fingerprint density at radius 3 is 2.70 bits per heavy atom. The number of nitrogens with zero attached hydrogens (tertiary/aromatic N) is 2. The number of thioether (sulfide) groups is 1. The molecular formula is C16H20Cl2N2O2S. The zero-order chi connectivity index (χ0) is 16.8. The molecule has 0 amide bonds. The maximum absolute atomic E-state index is 6.09. The highest BCUT2D eigenvalue weighted by Crippen LogP contribution is 2.28. The van der Waals surface area contributed by atoms with Crippen LogP contribution >= 0.6 is 35.0 Å². The van der Waals surface area contributed by atoms with Gasteiger partial charge in [-0.2, -0.15) is 0 Å². The predicted molar refractivity (Wildman–Crippen MR) is 96.3 cm³/mol. The number of aryl methyl sites for hydroxylation is 1. The maximum Gasteiger partial charge on any atom is 0.168 e. The second-order valence-electron chi connectivity index (χ2n) is 4.98. The largest absolute Gasteiger partial charge is 0.491 e. The third-order valence-corrected chi connectivity index (χ3v) is 4.88. The van der Waals surface area contributed by atoms with E-state index in [1.54, 1.807) is 37.1 Å². The van der Waals surface area contributed by atoms with Crippen LogP contribution in [0.4, 0.5) is 0 Å². The number of aromatic nitrogens is 2. The Bertz CT molecular complexity index is 662. The quantitative estimate of drug-likeness (QED) is 0.498. The minimum absolute atomic E-state index is 0.524. The van der Waals surface area contributed by atoms with E-state index >= 15 is 0 Å². The third kappa shape index (κ3) is 5.05. The van der Waals surface area contributed by atoms with Gasteiger partial charge in [-0.05, 0) is 32.0 Å². The van der Waals surface area contributed by atoms with Gasteiger partial charge >= 0.3 is 0 Å². The number of ether oxygens (including phenoxy) is 2. The topological polar surface area (TPSA) is 36.3 Å². The molecule has 126 valence electrons. The number of benzene rings is 1. The molecular weight excluding hydrogens is 355 g/mol. The molecule has 0 saturated carbocycles. The summed E-state index contributed by atoms with van der Waals surface area (Å²) in [5.74, 6) is 1.42. The van der Waals surface area contributed by atoms with Gasteiger partial charge in [0.25, 0.3) is 0 Å². The maximum atomic E-state index is 6.09. The summed E-state index contributed by atoms with van der Waals surface area (Å²) in [4.78, 5) is 4.61. The first kappa shape index (κ1) is 18.5. The number of methoxy groups -OCH3 is 1. The molecule has 4 nitrogen and oxygen atoms in total. The Labute approximate surface area is 151 Å². The molecule has 0 bridgehead atoms. The van der Waals surface area contributed by atoms with Crippen molar-refractivity contribution >= 4 is 35.0 Å². The van der Waals surface area contributed by atoms with Crippen LogP contribution in [0.1, 0.15) is 11.4 Å². The molecule has 0 unspecified atom stereocenters. The van der Waals surface area contributed by atoms with Crippen LogP contribution < -0.4 is 4.74 Å². The van der Waals surface area contributed by atoms with Crippen LogP contribution in [0.5, 0.6) is 5.75 Å². The van der Waals surface area contributed by atoms with Crippen LogP contribution in [-0.4, -0.2) is 35.6 Å². The fraction of sp³-hybridized carbons (Fsp3) is 0.438. The van der Waals surface area contributed by atoms with Gasteiger partial charge in [-0.15, -0.1) is 0 Å². The van der Waals surface area contributed by atoms with Crippen molar-refractivity contribution < 1.29 is 9.47 Å². The first-order chi connectivity index (χ1) is 11.0. The van der Waals surface area contributed by atoms with E-state index in [1.807, 2.05) is 6.92 Å². The normalized spacial score (nSPS) is 11.0. The van der Waals surface area contributed by atoms with Crippen molar-refractivity contribution in [2.75, 3.05) is 26.1 Å². The molecule has 0 spiro atoms. The molecule has 1 aromatic heterocycles. The average Bonchev–Trinajstić information content (AvgIpc) is 2.78. The van der Waals surface area contributed by atoms with Crippen molar-refractivity contribution in [1.29, 1.82) is 0 Å². The van der Waals surface area contributed by atoms with Gasteiger partial charge in [0.1, 0.15) is 5.75 Å². The van der Waals surface area contributed by atoms with Gasteiger partial charge in [-0.3, -0.25) is 0 Å². The lowest BCUT2D eigenvalue weighted by Gasteiger charge is -2.10. The summed E-state index contributed by atoms with van der Waals surface area (Å²) in [5.41, 5.74) is 2.22. The predicted octanol–water partition coefficient (Wildman–Crippen LogP) is 4.62. The molecule has 0 aliphatic rings. The summed E-state index contributed by atoms with van der Waals surface area (Å²) in [7, 11) is 1.70. The lowest BCUT2D eigenvalue weighted by Crippen LogP contribution is -2.08. The number of halogens is 2. The van der Waals surface area contributed by atoms with Crippen molar-refractivity contribution in [1.82, 2.24) is 9.55 Å². The van der Waals surface area contributed by atoms with Crippen molar-refractivity contribution in [2.24, 2.45) is 0 Å². The fourth-order valence-corrected chi connectivity index (χ4v) is 3.45. The minimum Gasteiger partial charge on any atom is -0.491 e. The van der Waals surface area contributed by atoms with E-state index < -0.39 is 0 Å². The SMILES string of the molecule is COCCn1c(SCCOc2ccc(Cl)cc2Cl)nc(C)c1C.